The van der Waals surface area contributed by atoms with Crippen LogP contribution in [0.25, 0.3) is 4.91 Å². The summed E-state index contributed by atoms with van der Waals surface area (Å²) in [6, 6.07) is 19.0. The Morgan fingerprint density at radius 1 is 0.905 bits per heavy atom. The quantitative estimate of drug-likeness (QED) is 0.182. The molecule has 2 aromatic rings. The van der Waals surface area contributed by atoms with Gasteiger partial charge in [0.2, 0.25) is 0 Å². The summed E-state index contributed by atoms with van der Waals surface area (Å²) < 4.78 is 0. The zero-order chi connectivity index (χ0) is 14.8. The number of benzene rings is 2. The SMILES string of the molecule is Clc1ccc(C2=S(I(I)I)SC(c3ccccc3)=C2)cc1. The van der Waals surface area contributed by atoms with Gasteiger partial charge < -0.3 is 0 Å². The second-order valence-electron chi connectivity index (χ2n) is 4.22. The van der Waals surface area contributed by atoms with Crippen molar-refractivity contribution in [3.63, 3.8) is 0 Å². The van der Waals surface area contributed by atoms with Crippen molar-refractivity contribution in [2.75, 3.05) is 0 Å². The van der Waals surface area contributed by atoms with E-state index in [0.717, 1.165) is 5.02 Å². The Labute approximate surface area is 161 Å². The molecule has 3 rings (SSSR count). The third-order valence-electron chi connectivity index (χ3n) is 2.89. The summed E-state index contributed by atoms with van der Waals surface area (Å²) in [5.74, 6) is 0. The fourth-order valence-electron chi connectivity index (χ4n) is 1.92. The van der Waals surface area contributed by atoms with Crippen molar-refractivity contribution in [2.24, 2.45) is 0 Å². The summed E-state index contributed by atoms with van der Waals surface area (Å²) >= 11 is 11.4. The first-order valence-electron chi connectivity index (χ1n) is 6.01. The Bertz CT molecular complexity index is 709. The molecule has 110 valence electrons. The van der Waals surface area contributed by atoms with Gasteiger partial charge in [0.15, 0.2) is 0 Å². The van der Waals surface area contributed by atoms with Gasteiger partial charge in [0.25, 0.3) is 0 Å². The third kappa shape index (κ3) is 4.20. The monoisotopic (exact) mass is 670 g/mol. The van der Waals surface area contributed by atoms with Crippen LogP contribution in [-0.4, -0.2) is 4.86 Å². The minimum absolute atomic E-state index is 0.323. The second kappa shape index (κ2) is 7.87. The first kappa shape index (κ1) is 17.1. The standard InChI is InChI=1S/C15H10ClI3S2/c16-13-8-6-12(7-9-13)15-10-14(20-21(15)19(17)18)11-4-2-1-3-5-11/h1-10H. The average Bonchev–Trinajstić information content (AvgIpc) is 2.94. The predicted molar refractivity (Wildman–Crippen MR) is 127 cm³/mol. The van der Waals surface area contributed by atoms with Gasteiger partial charge >= 0.3 is 163 Å². The zero-order valence-electron chi connectivity index (χ0n) is 10.6. The molecule has 0 radical (unpaired) electrons. The van der Waals surface area contributed by atoms with Gasteiger partial charge in [0.1, 0.15) is 0 Å². The molecule has 0 nitrogen and oxygen atoms in total. The summed E-state index contributed by atoms with van der Waals surface area (Å²) in [5, 5.41) is 0.802. The van der Waals surface area contributed by atoms with Gasteiger partial charge in [-0.1, -0.05) is 0 Å². The number of hydrogen-bond donors (Lipinski definition) is 0. The van der Waals surface area contributed by atoms with Crippen LogP contribution in [0.3, 0.4) is 0 Å². The van der Waals surface area contributed by atoms with Crippen molar-refractivity contribution in [1.29, 1.82) is 0 Å². The molecule has 1 atom stereocenters. The van der Waals surface area contributed by atoms with Gasteiger partial charge in [-0.05, 0) is 0 Å². The van der Waals surface area contributed by atoms with Crippen molar-refractivity contribution in [3.8, 4) is 0 Å². The Morgan fingerprint density at radius 2 is 1.57 bits per heavy atom. The van der Waals surface area contributed by atoms with Crippen LogP contribution in [0.5, 0.6) is 0 Å². The van der Waals surface area contributed by atoms with Crippen LogP contribution in [-0.2, 0) is 0 Å². The van der Waals surface area contributed by atoms with Gasteiger partial charge in [-0.25, -0.2) is 0 Å². The van der Waals surface area contributed by atoms with Gasteiger partial charge in [-0.3, -0.25) is 0 Å². The van der Waals surface area contributed by atoms with Crippen molar-refractivity contribution < 1.29 is 0 Å². The van der Waals surface area contributed by atoms with E-state index in [1.165, 1.54) is 20.9 Å². The second-order valence-corrected chi connectivity index (χ2v) is 44.0. The molecule has 1 heterocycles. The van der Waals surface area contributed by atoms with Crippen LogP contribution in [0.1, 0.15) is 11.1 Å². The van der Waals surface area contributed by atoms with E-state index in [1.54, 1.807) is 0 Å². The summed E-state index contributed by atoms with van der Waals surface area (Å²) in [4.78, 5) is 2.89. The molecular weight excluding hydrogens is 660 g/mol. The number of rotatable bonds is 3. The molecule has 0 bridgehead atoms. The Balaban J connectivity index is 2.02. The molecule has 0 N–H and O–H groups in total. The number of hydrogen-bond acceptors (Lipinski definition) is 1. The number of allylic oxidation sites excluding steroid dienone is 1. The molecule has 1 aliphatic rings. The maximum atomic E-state index is 6.02. The molecule has 6 heteroatoms. The normalized spacial score (nSPS) is 18.6. The third-order valence-corrected chi connectivity index (χ3v) is 36.1. The maximum absolute atomic E-state index is 6.02. The molecule has 0 saturated carbocycles. The average molecular weight is 671 g/mol. The van der Waals surface area contributed by atoms with Crippen LogP contribution >= 0.6 is 76.8 Å². The van der Waals surface area contributed by atoms with Gasteiger partial charge in [-0.15, -0.1) is 0 Å². The van der Waals surface area contributed by atoms with Crippen molar-refractivity contribution in [3.05, 3.63) is 76.8 Å². The first-order chi connectivity index (χ1) is 10.1. The molecule has 0 aliphatic carbocycles. The van der Waals surface area contributed by atoms with Crippen LogP contribution in [0.2, 0.25) is 5.02 Å². The fourth-order valence-corrected chi connectivity index (χ4v) is 25.8. The van der Waals surface area contributed by atoms with Crippen LogP contribution < -0.4 is 0 Å². The molecule has 0 amide bonds. The molecule has 21 heavy (non-hydrogen) atoms. The van der Waals surface area contributed by atoms with Gasteiger partial charge in [-0.2, -0.15) is 0 Å². The Morgan fingerprint density at radius 3 is 2.19 bits per heavy atom. The minimum atomic E-state index is -0.993. The molecule has 2 aromatic carbocycles. The van der Waals surface area contributed by atoms with Gasteiger partial charge in [0.05, 0.1) is 0 Å². The van der Waals surface area contributed by atoms with E-state index in [2.05, 4.69) is 96.6 Å². The summed E-state index contributed by atoms with van der Waals surface area (Å²) in [6.45, 7) is 0.323. The Kier molecular flexibility index (Phi) is 6.39. The predicted octanol–water partition coefficient (Wildman–Crippen LogP) is 7.95. The summed E-state index contributed by atoms with van der Waals surface area (Å²) in [7, 11) is 1.06. The molecule has 1 unspecified atom stereocenters. The van der Waals surface area contributed by atoms with Crippen molar-refractivity contribution >= 4 is 86.6 Å². The van der Waals surface area contributed by atoms with Crippen LogP contribution in [0.15, 0.2) is 60.7 Å². The molecule has 0 spiro atoms. The van der Waals surface area contributed by atoms with E-state index in [1.807, 2.05) is 12.1 Å². The van der Waals surface area contributed by atoms with Crippen LogP contribution in [0.4, 0.5) is 0 Å². The molecule has 1 aliphatic heterocycles. The van der Waals surface area contributed by atoms with E-state index in [0.29, 0.717) is 6.69 Å². The Hall–Kier alpha value is 1.23. The topological polar surface area (TPSA) is 0 Å². The first-order valence-corrected chi connectivity index (χ1v) is 24.1. The zero-order valence-corrected chi connectivity index (χ0v) is 19.5. The van der Waals surface area contributed by atoms with E-state index in [4.69, 9.17) is 11.6 Å². The van der Waals surface area contributed by atoms with E-state index in [-0.39, 0.29) is 0 Å². The van der Waals surface area contributed by atoms with E-state index < -0.39 is 10.5 Å². The van der Waals surface area contributed by atoms with Gasteiger partial charge in [0, 0.05) is 0 Å². The molecule has 0 saturated heterocycles. The summed E-state index contributed by atoms with van der Waals surface area (Å²) in [5.41, 5.74) is 2.64. The fraction of sp³-hybridized carbons (Fsp3) is 0. The van der Waals surface area contributed by atoms with E-state index >= 15 is 0 Å². The molecule has 0 aromatic heterocycles. The van der Waals surface area contributed by atoms with Crippen LogP contribution in [0, 0.1) is 0 Å². The number of halogens is 4. The summed E-state index contributed by atoms with van der Waals surface area (Å²) in [6.07, 6.45) is 2.38. The van der Waals surface area contributed by atoms with Crippen molar-refractivity contribution in [2.45, 2.75) is 0 Å². The van der Waals surface area contributed by atoms with Crippen molar-refractivity contribution in [1.82, 2.24) is 0 Å². The molecular formula is C15H10ClI3S2. The molecule has 0 fully saturated rings. The van der Waals surface area contributed by atoms with E-state index in [9.17, 15) is 0 Å².